The fraction of sp³-hybridized carbons (Fsp3) is 0.542. The summed E-state index contributed by atoms with van der Waals surface area (Å²) < 4.78 is 12.7. The second kappa shape index (κ2) is 40.1. The Balaban J connectivity index is 0.918. The van der Waals surface area contributed by atoms with Crippen LogP contribution in [0.3, 0.4) is 0 Å². The van der Waals surface area contributed by atoms with E-state index in [9.17, 15) is 39.3 Å². The van der Waals surface area contributed by atoms with Crippen LogP contribution in [0.4, 0.5) is 22.7 Å². The average Bonchev–Trinajstić information content (AvgIpc) is 2.06. The van der Waals surface area contributed by atoms with Gasteiger partial charge in [0.25, 0.3) is 5.56 Å². The fourth-order valence-corrected chi connectivity index (χ4v) is 11.8. The van der Waals surface area contributed by atoms with Gasteiger partial charge in [0.2, 0.25) is 0 Å². The van der Waals surface area contributed by atoms with Gasteiger partial charge >= 0.3 is 23.9 Å². The number of benzene rings is 4. The number of carboxylic acids is 2. The molecule has 5 N–H and O–H groups in total. The van der Waals surface area contributed by atoms with Crippen molar-refractivity contribution in [2.24, 2.45) is 32.3 Å². The Morgan fingerprint density at radius 2 is 0.967 bits per heavy atom. The highest BCUT2D eigenvalue weighted by molar-refractivity contribution is 6.45. The third-order valence-electron chi connectivity index (χ3n) is 17.2. The Morgan fingerprint density at radius 1 is 0.544 bits per heavy atom. The number of aromatic carboxylic acids is 2. The van der Waals surface area contributed by atoms with E-state index in [4.69, 9.17) is 9.47 Å². The lowest BCUT2D eigenvalue weighted by molar-refractivity contribution is 0.0489. The summed E-state index contributed by atoms with van der Waals surface area (Å²) in [6, 6.07) is 25.7. The molecular formula is C72H100N8O10. The highest BCUT2D eigenvalue weighted by Crippen LogP contribution is 2.34. The van der Waals surface area contributed by atoms with Crippen LogP contribution in [0.25, 0.3) is 5.69 Å². The molecule has 0 saturated heterocycles. The molecule has 90 heavy (non-hydrogen) atoms. The van der Waals surface area contributed by atoms with Gasteiger partial charge in [0.1, 0.15) is 11.4 Å². The van der Waals surface area contributed by atoms with Crippen molar-refractivity contribution in [3.05, 3.63) is 135 Å². The number of hydrogen-bond acceptors (Lipinski definition) is 14. The minimum atomic E-state index is -1.22. The van der Waals surface area contributed by atoms with E-state index in [1.807, 2.05) is 0 Å². The van der Waals surface area contributed by atoms with Crippen molar-refractivity contribution in [3.63, 3.8) is 0 Å². The molecule has 0 radical (unpaired) electrons. The number of para-hydroxylation sites is 1. The molecule has 0 saturated carbocycles. The molecule has 2 heterocycles. The number of azo groups is 1. The number of unbranched alkanes of at least 4 members (excludes halogenated alkanes) is 22. The average molecular weight is 1240 g/mol. The summed E-state index contributed by atoms with van der Waals surface area (Å²) in [7, 11) is 0. The van der Waals surface area contributed by atoms with Gasteiger partial charge in [0.15, 0.2) is 11.9 Å². The number of nitrogens with one attached hydrogen (secondary N) is 2. The number of H-pyrrole nitrogens is 1. The van der Waals surface area contributed by atoms with Crippen molar-refractivity contribution in [2.45, 2.75) is 227 Å². The molecule has 488 valence electrons. The number of aliphatic hydroxyl groups is 1. The summed E-state index contributed by atoms with van der Waals surface area (Å²) in [5, 5.41) is 51.3. The number of ether oxygens (including phenoxy) is 2. The van der Waals surface area contributed by atoms with E-state index < -0.39 is 35.7 Å². The van der Waals surface area contributed by atoms with E-state index in [1.54, 1.807) is 74.5 Å². The Hall–Kier alpha value is -7.73. The van der Waals surface area contributed by atoms with Crippen molar-refractivity contribution < 1.29 is 44.0 Å². The Kier molecular flexibility index (Phi) is 31.8. The van der Waals surface area contributed by atoms with E-state index in [0.717, 1.165) is 56.8 Å². The zero-order chi connectivity index (χ0) is 64.3. The molecule has 4 aromatic carbocycles. The largest absolute Gasteiger partial charge is 0.478 e. The van der Waals surface area contributed by atoms with Gasteiger partial charge < -0.3 is 24.8 Å². The van der Waals surface area contributed by atoms with Crippen LogP contribution < -0.4 is 16.0 Å². The van der Waals surface area contributed by atoms with Gasteiger partial charge in [-0.05, 0) is 111 Å². The van der Waals surface area contributed by atoms with Crippen molar-refractivity contribution in [1.82, 2.24) is 9.78 Å². The number of aromatic nitrogens is 2. The van der Waals surface area contributed by atoms with Crippen LogP contribution in [0, 0.1) is 18.8 Å². The quantitative estimate of drug-likeness (QED) is 0.0106. The smallest absolute Gasteiger partial charge is 0.340 e. The maximum atomic E-state index is 13.3. The highest BCUT2D eigenvalue weighted by atomic mass is 16.5. The third kappa shape index (κ3) is 23.6. The number of aromatic amines is 1. The number of carboxylic acid groups (broad SMARTS) is 2. The lowest BCUT2D eigenvalue weighted by atomic mass is 9.78. The van der Waals surface area contributed by atoms with Crippen molar-refractivity contribution >= 4 is 58.1 Å². The molecule has 0 aliphatic carbocycles. The predicted molar refractivity (Wildman–Crippen MR) is 359 cm³/mol. The molecule has 5 aromatic rings. The number of carbonyl (C=O) groups excluding carboxylic acids is 2. The van der Waals surface area contributed by atoms with Crippen LogP contribution in [-0.4, -0.2) is 79.8 Å². The standard InChI is InChI=1S/C72H100N8O10/c1-5-7-9-11-13-19-25-35-55(37-27-21-15-17-23-33-51-89-71(87)61-39-29-31-41-63(61)73-75-65-53(3)77-79(67(65)81)59-47-43-57(44-48-59)69(83)84)56(36-26-20-14-12-10-8-6-2)38-28-22-16-18-24-34-52-90-72(88)62-40-30-32-42-64(62)74-76-66-54(4)78-80(68(66)82)60-49-45-58(46-50-60)70(85)86/h29-32,39-50,55-56,67,73,78,81H,5-28,33-38,51-52H2,1-4H3,(H,83,84)(H,85,86)/b75-65-,76-74?. The van der Waals surface area contributed by atoms with Gasteiger partial charge in [-0.15, -0.1) is 10.2 Å². The molecule has 1 aromatic heterocycles. The lowest BCUT2D eigenvalue weighted by Gasteiger charge is -2.28. The van der Waals surface area contributed by atoms with Crippen LogP contribution in [0.15, 0.2) is 122 Å². The molecular weight excluding hydrogens is 1140 g/mol. The van der Waals surface area contributed by atoms with E-state index in [2.05, 4.69) is 44.8 Å². The summed E-state index contributed by atoms with van der Waals surface area (Å²) in [6.07, 6.45) is 35.6. The summed E-state index contributed by atoms with van der Waals surface area (Å²) >= 11 is 0. The maximum Gasteiger partial charge on any atom is 0.340 e. The van der Waals surface area contributed by atoms with Crippen LogP contribution in [0.2, 0.25) is 0 Å². The first-order valence-electron chi connectivity index (χ1n) is 33.6. The second-order valence-electron chi connectivity index (χ2n) is 24.1. The minimum absolute atomic E-state index is 0.0731. The van der Waals surface area contributed by atoms with Crippen LogP contribution in [0.5, 0.6) is 0 Å². The van der Waals surface area contributed by atoms with E-state index in [1.165, 1.54) is 194 Å². The molecule has 0 bridgehead atoms. The van der Waals surface area contributed by atoms with Crippen LogP contribution >= 0.6 is 0 Å². The third-order valence-corrected chi connectivity index (χ3v) is 17.2. The number of aliphatic hydroxyl groups excluding tert-OH is 1. The van der Waals surface area contributed by atoms with Gasteiger partial charge in [-0.2, -0.15) is 10.2 Å². The van der Waals surface area contributed by atoms with E-state index in [0.29, 0.717) is 52.9 Å². The van der Waals surface area contributed by atoms with Gasteiger partial charge in [-0.1, -0.05) is 218 Å². The molecule has 1 aliphatic rings. The maximum absolute atomic E-state index is 13.3. The molecule has 3 unspecified atom stereocenters. The fourth-order valence-electron chi connectivity index (χ4n) is 11.8. The van der Waals surface area contributed by atoms with E-state index >= 15 is 0 Å². The van der Waals surface area contributed by atoms with Gasteiger partial charge in [-0.25, -0.2) is 28.9 Å². The molecule has 6 rings (SSSR count). The number of nitrogens with zero attached hydrogens (tertiary/aromatic N) is 6. The molecule has 0 amide bonds. The number of hydrogen-bond donors (Lipinski definition) is 5. The number of aryl methyl sites for hydroxylation is 1. The van der Waals surface area contributed by atoms with E-state index in [-0.39, 0.29) is 28.1 Å². The molecule has 1 aliphatic heterocycles. The summed E-state index contributed by atoms with van der Waals surface area (Å²) in [5.74, 6) is -1.52. The Morgan fingerprint density at radius 3 is 1.46 bits per heavy atom. The number of esters is 2. The lowest BCUT2D eigenvalue weighted by Crippen LogP contribution is -2.33. The molecule has 0 fully saturated rings. The predicted octanol–water partition coefficient (Wildman–Crippen LogP) is 18.3. The first-order chi connectivity index (χ1) is 43.8. The Bertz CT molecular complexity index is 3130. The zero-order valence-corrected chi connectivity index (χ0v) is 54.0. The minimum Gasteiger partial charge on any atom is -0.478 e. The number of hydrazone groups is 2. The summed E-state index contributed by atoms with van der Waals surface area (Å²) in [4.78, 5) is 62.5. The van der Waals surface area contributed by atoms with Crippen LogP contribution in [-0.2, 0) is 9.47 Å². The number of carbonyl (C=O) groups is 4. The van der Waals surface area contributed by atoms with Crippen molar-refractivity contribution in [3.8, 4) is 5.69 Å². The zero-order valence-electron chi connectivity index (χ0n) is 54.0. The topological polar surface area (TPSA) is 250 Å². The SMILES string of the molecule is CCCCCCCCCC(CCCCCCCCOC(=O)c1ccccc1N=Nc1c(C)[nH]n(-c2ccc(C(=O)O)cc2)c1=O)C(CCCCCCCCC)CCCCCCCCOC(=O)c1ccccc1N/N=C1/C(C)=NN(c2ccc(C(=O)O)cc2)C1O. The van der Waals surface area contributed by atoms with Gasteiger partial charge in [0.05, 0.1) is 63.9 Å². The van der Waals surface area contributed by atoms with Gasteiger partial charge in [-0.3, -0.25) is 15.3 Å². The first kappa shape index (κ1) is 71.3. The van der Waals surface area contributed by atoms with Gasteiger partial charge in [0, 0.05) is 0 Å². The molecule has 18 nitrogen and oxygen atoms in total. The first-order valence-corrected chi connectivity index (χ1v) is 33.6. The molecule has 3 atom stereocenters. The summed E-state index contributed by atoms with van der Waals surface area (Å²) in [6.45, 7) is 8.61. The number of rotatable bonds is 45. The summed E-state index contributed by atoms with van der Waals surface area (Å²) in [5.41, 5.74) is 6.27. The number of anilines is 2. The van der Waals surface area contributed by atoms with Crippen molar-refractivity contribution in [1.29, 1.82) is 0 Å². The molecule has 18 heteroatoms. The van der Waals surface area contributed by atoms with Crippen LogP contribution in [0.1, 0.15) is 261 Å². The monoisotopic (exact) mass is 1240 g/mol. The highest BCUT2D eigenvalue weighted by Gasteiger charge is 2.31. The van der Waals surface area contributed by atoms with Crippen molar-refractivity contribution in [2.75, 3.05) is 23.6 Å². The molecule has 0 spiro atoms. The normalized spacial score (nSPS) is 14.3. The second-order valence-corrected chi connectivity index (χ2v) is 24.1. The Labute approximate surface area is 533 Å².